The lowest BCUT2D eigenvalue weighted by Crippen LogP contribution is -2.28. The van der Waals surface area contributed by atoms with Crippen LogP contribution in [0.25, 0.3) is 0 Å². The van der Waals surface area contributed by atoms with Crippen LogP contribution in [-0.4, -0.2) is 22.9 Å². The molecule has 1 aromatic rings. The van der Waals surface area contributed by atoms with Crippen molar-refractivity contribution in [3.8, 4) is 0 Å². The summed E-state index contributed by atoms with van der Waals surface area (Å²) in [7, 11) is 0. The van der Waals surface area contributed by atoms with Gasteiger partial charge >= 0.3 is 5.97 Å². The van der Waals surface area contributed by atoms with Crippen molar-refractivity contribution in [1.82, 2.24) is 0 Å². The van der Waals surface area contributed by atoms with Gasteiger partial charge in [0.2, 0.25) is 0 Å². The topological polar surface area (TPSA) is 49.3 Å². The van der Waals surface area contributed by atoms with E-state index in [0.717, 1.165) is 11.4 Å². The second-order valence-electron chi connectivity index (χ2n) is 4.18. The first kappa shape index (κ1) is 11.3. The van der Waals surface area contributed by atoms with E-state index >= 15 is 0 Å². The van der Waals surface area contributed by atoms with Crippen LogP contribution in [0.15, 0.2) is 17.0 Å². The minimum absolute atomic E-state index is 0.0390. The lowest BCUT2D eigenvalue weighted by molar-refractivity contribution is -0.137. The number of thioether (sulfide) groups is 1. The Bertz CT molecular complexity index is 431. The quantitative estimate of drug-likeness (QED) is 0.830. The number of hydrogen-bond acceptors (Lipinski definition) is 3. The molecule has 0 radical (unpaired) electrons. The highest BCUT2D eigenvalue weighted by Crippen LogP contribution is 2.35. The van der Waals surface area contributed by atoms with Gasteiger partial charge in [0.15, 0.2) is 0 Å². The molecule has 1 atom stereocenters. The molecule has 0 fully saturated rings. The molecule has 4 heteroatoms. The van der Waals surface area contributed by atoms with Crippen LogP contribution in [-0.2, 0) is 4.79 Å². The normalized spacial score (nSPS) is 18.8. The lowest BCUT2D eigenvalue weighted by atomic mass is 10.1. The maximum absolute atomic E-state index is 10.7. The second-order valence-corrected chi connectivity index (χ2v) is 5.24. The van der Waals surface area contributed by atoms with Crippen LogP contribution < -0.4 is 5.32 Å². The smallest absolute Gasteiger partial charge is 0.305 e. The van der Waals surface area contributed by atoms with E-state index in [1.54, 1.807) is 11.8 Å². The first-order valence-electron chi connectivity index (χ1n) is 5.28. The van der Waals surface area contributed by atoms with Gasteiger partial charge in [-0.05, 0) is 37.1 Å². The van der Waals surface area contributed by atoms with Gasteiger partial charge in [-0.1, -0.05) is 0 Å². The van der Waals surface area contributed by atoms with Crippen LogP contribution in [0.1, 0.15) is 17.5 Å². The molecular weight excluding hydrogens is 222 g/mol. The monoisotopic (exact) mass is 237 g/mol. The summed E-state index contributed by atoms with van der Waals surface area (Å²) >= 11 is 1.74. The molecule has 2 N–H and O–H groups in total. The zero-order chi connectivity index (χ0) is 11.7. The molecule has 0 saturated carbocycles. The average molecular weight is 237 g/mol. The van der Waals surface area contributed by atoms with Crippen LogP contribution in [0.2, 0.25) is 0 Å². The fraction of sp³-hybridized carbons (Fsp3) is 0.417. The van der Waals surface area contributed by atoms with E-state index in [9.17, 15) is 4.79 Å². The molecule has 0 aromatic heterocycles. The lowest BCUT2D eigenvalue weighted by Gasteiger charge is -2.26. The third kappa shape index (κ3) is 2.32. The Kier molecular flexibility index (Phi) is 3.10. The van der Waals surface area contributed by atoms with E-state index in [-0.39, 0.29) is 12.5 Å². The summed E-state index contributed by atoms with van der Waals surface area (Å²) in [6.07, 6.45) is 0.180. The number of carboxylic acid groups (broad SMARTS) is 1. The number of nitrogens with one attached hydrogen (secondary N) is 1. The van der Waals surface area contributed by atoms with E-state index in [1.165, 1.54) is 16.0 Å². The Labute approximate surface area is 99.2 Å². The van der Waals surface area contributed by atoms with Crippen molar-refractivity contribution in [2.45, 2.75) is 31.2 Å². The Morgan fingerprint density at radius 1 is 1.50 bits per heavy atom. The SMILES string of the molecule is Cc1cc2c(cc1C)SCC(CC(=O)O)N2. The molecule has 2 rings (SSSR count). The molecule has 0 bridgehead atoms. The van der Waals surface area contributed by atoms with Gasteiger partial charge in [0.1, 0.15) is 0 Å². The van der Waals surface area contributed by atoms with Gasteiger partial charge in [-0.3, -0.25) is 4.79 Å². The first-order valence-corrected chi connectivity index (χ1v) is 6.27. The zero-order valence-corrected chi connectivity index (χ0v) is 10.2. The minimum atomic E-state index is -0.745. The van der Waals surface area contributed by atoms with E-state index in [0.29, 0.717) is 0 Å². The highest BCUT2D eigenvalue weighted by molar-refractivity contribution is 7.99. The highest BCUT2D eigenvalue weighted by Gasteiger charge is 2.20. The molecular formula is C12H15NO2S. The fourth-order valence-corrected chi connectivity index (χ4v) is 2.91. The summed E-state index contributed by atoms with van der Waals surface area (Å²) in [5.41, 5.74) is 3.60. The van der Waals surface area contributed by atoms with E-state index < -0.39 is 5.97 Å². The molecule has 1 heterocycles. The number of aryl methyl sites for hydroxylation is 2. The Morgan fingerprint density at radius 2 is 2.19 bits per heavy atom. The first-order chi connectivity index (χ1) is 7.56. The molecule has 1 aliphatic heterocycles. The fourth-order valence-electron chi connectivity index (χ4n) is 1.79. The molecule has 1 unspecified atom stereocenters. The molecule has 0 aliphatic carbocycles. The van der Waals surface area contributed by atoms with Gasteiger partial charge in [0.25, 0.3) is 0 Å². The Hall–Kier alpha value is -1.16. The minimum Gasteiger partial charge on any atom is -0.481 e. The highest BCUT2D eigenvalue weighted by atomic mass is 32.2. The van der Waals surface area contributed by atoms with Crippen molar-refractivity contribution < 1.29 is 9.90 Å². The van der Waals surface area contributed by atoms with Gasteiger partial charge < -0.3 is 10.4 Å². The van der Waals surface area contributed by atoms with Gasteiger partial charge in [-0.15, -0.1) is 11.8 Å². The number of rotatable bonds is 2. The average Bonchev–Trinajstić information content (AvgIpc) is 2.19. The summed E-state index contributed by atoms with van der Waals surface area (Å²) in [5, 5.41) is 12.1. The second kappa shape index (κ2) is 4.37. The van der Waals surface area contributed by atoms with E-state index in [1.807, 2.05) is 0 Å². The van der Waals surface area contributed by atoms with E-state index in [2.05, 4.69) is 31.3 Å². The number of fused-ring (bicyclic) bond motifs is 1. The van der Waals surface area contributed by atoms with Crippen LogP contribution in [0, 0.1) is 13.8 Å². The number of aliphatic carboxylic acids is 1. The van der Waals surface area contributed by atoms with Gasteiger partial charge in [-0.25, -0.2) is 0 Å². The van der Waals surface area contributed by atoms with Gasteiger partial charge in [-0.2, -0.15) is 0 Å². The zero-order valence-electron chi connectivity index (χ0n) is 9.41. The summed E-state index contributed by atoms with van der Waals surface area (Å²) in [6, 6.07) is 4.31. The van der Waals surface area contributed by atoms with Crippen molar-refractivity contribution in [2.24, 2.45) is 0 Å². The third-order valence-electron chi connectivity index (χ3n) is 2.82. The van der Waals surface area contributed by atoms with Crippen LogP contribution in [0.3, 0.4) is 0 Å². The predicted octanol–water partition coefficient (Wildman–Crippen LogP) is 2.66. The molecule has 16 heavy (non-hydrogen) atoms. The summed E-state index contributed by atoms with van der Waals surface area (Å²) < 4.78 is 0. The number of carboxylic acids is 1. The molecule has 0 amide bonds. The van der Waals surface area contributed by atoms with Crippen LogP contribution in [0.5, 0.6) is 0 Å². The molecule has 1 aliphatic rings. The van der Waals surface area contributed by atoms with Crippen molar-refractivity contribution in [1.29, 1.82) is 0 Å². The van der Waals surface area contributed by atoms with Gasteiger partial charge in [0, 0.05) is 22.4 Å². The largest absolute Gasteiger partial charge is 0.481 e. The molecule has 0 saturated heterocycles. The molecule has 0 spiro atoms. The maximum atomic E-state index is 10.7. The van der Waals surface area contributed by atoms with E-state index in [4.69, 9.17) is 5.11 Å². The standard InChI is InChI=1S/C12H15NO2S/c1-7-3-10-11(4-8(7)2)16-6-9(13-10)5-12(14)15/h3-4,9,13H,5-6H2,1-2H3,(H,14,15). The Balaban J connectivity index is 2.20. The number of hydrogen-bond donors (Lipinski definition) is 2. The van der Waals surface area contributed by atoms with Crippen molar-refractivity contribution in [2.75, 3.05) is 11.1 Å². The molecule has 1 aromatic carbocycles. The summed E-state index contributed by atoms with van der Waals surface area (Å²) in [4.78, 5) is 11.9. The Morgan fingerprint density at radius 3 is 2.88 bits per heavy atom. The predicted molar refractivity (Wildman–Crippen MR) is 66.3 cm³/mol. The van der Waals surface area contributed by atoms with Crippen LogP contribution in [0.4, 0.5) is 5.69 Å². The summed E-state index contributed by atoms with van der Waals surface area (Å²) in [6.45, 7) is 4.17. The van der Waals surface area contributed by atoms with Crippen LogP contribution >= 0.6 is 11.8 Å². The van der Waals surface area contributed by atoms with Crippen molar-refractivity contribution >= 4 is 23.4 Å². The number of anilines is 1. The van der Waals surface area contributed by atoms with Gasteiger partial charge in [0.05, 0.1) is 6.42 Å². The maximum Gasteiger partial charge on any atom is 0.305 e. The van der Waals surface area contributed by atoms with Crippen molar-refractivity contribution in [3.63, 3.8) is 0 Å². The molecule has 86 valence electrons. The molecule has 3 nitrogen and oxygen atoms in total. The third-order valence-corrected chi connectivity index (χ3v) is 4.03. The number of carbonyl (C=O) groups is 1. The van der Waals surface area contributed by atoms with Crippen molar-refractivity contribution in [3.05, 3.63) is 23.3 Å². The number of benzene rings is 1. The summed E-state index contributed by atoms with van der Waals surface area (Å²) in [5.74, 6) is 0.0762.